The van der Waals surface area contributed by atoms with Crippen LogP contribution in [0.15, 0.2) is 72.9 Å². The van der Waals surface area contributed by atoms with Gasteiger partial charge in [0, 0.05) is 12.8 Å². The van der Waals surface area contributed by atoms with Crippen molar-refractivity contribution in [3.05, 3.63) is 72.9 Å². The van der Waals surface area contributed by atoms with Crippen LogP contribution in [0.1, 0.15) is 188 Å². The van der Waals surface area contributed by atoms with Gasteiger partial charge < -0.3 is 14.4 Å². The maximum atomic E-state index is 12.6. The minimum absolute atomic E-state index is 0.00606. The molecule has 322 valence electrons. The lowest BCUT2D eigenvalue weighted by molar-refractivity contribution is -0.161. The molecular formula is C47H81O8P. The normalized spacial score (nSPS) is 14.0. The van der Waals surface area contributed by atoms with E-state index in [2.05, 4.69) is 86.8 Å². The van der Waals surface area contributed by atoms with Gasteiger partial charge in [-0.25, -0.2) is 4.57 Å². The van der Waals surface area contributed by atoms with E-state index < -0.39 is 26.5 Å². The number of unbranched alkanes of at least 4 members (excludes halogenated alkanes) is 16. The van der Waals surface area contributed by atoms with Crippen molar-refractivity contribution in [2.24, 2.45) is 0 Å². The highest BCUT2D eigenvalue weighted by atomic mass is 31.2. The Morgan fingerprint density at radius 3 is 1.38 bits per heavy atom. The number of ether oxygens (including phenoxy) is 2. The molecule has 0 saturated heterocycles. The molecule has 0 fully saturated rings. The summed E-state index contributed by atoms with van der Waals surface area (Å²) in [5, 5.41) is 0. The minimum atomic E-state index is -4.29. The Kier molecular flexibility index (Phi) is 40.2. The lowest BCUT2D eigenvalue weighted by Crippen LogP contribution is -2.29. The van der Waals surface area contributed by atoms with E-state index in [0.717, 1.165) is 103 Å². The molecule has 0 aromatic rings. The molecule has 0 heterocycles. The SMILES string of the molecule is CC/C=C\C/C=C\C/C=C\C/C=C\CCCCCCCCCCCCC(=O)OC(COC(=O)CCCCCCC/C=C\C/C=C\CCC)COP(=O)(O)OCC. The Labute approximate surface area is 343 Å². The Bertz CT molecular complexity index is 1140. The number of phosphoric acid groups is 1. The van der Waals surface area contributed by atoms with Crippen LogP contribution in [0.3, 0.4) is 0 Å². The number of esters is 2. The van der Waals surface area contributed by atoms with E-state index in [-0.39, 0.29) is 32.0 Å². The van der Waals surface area contributed by atoms with Gasteiger partial charge in [-0.1, -0.05) is 164 Å². The Balaban J connectivity index is 4.05. The van der Waals surface area contributed by atoms with Crippen molar-refractivity contribution in [1.82, 2.24) is 0 Å². The van der Waals surface area contributed by atoms with Crippen LogP contribution in [0, 0.1) is 0 Å². The average molecular weight is 805 g/mol. The van der Waals surface area contributed by atoms with Crippen LogP contribution in [-0.2, 0) is 32.7 Å². The van der Waals surface area contributed by atoms with Gasteiger partial charge >= 0.3 is 19.8 Å². The maximum Gasteiger partial charge on any atom is 0.472 e. The average Bonchev–Trinajstić information content (AvgIpc) is 3.18. The minimum Gasteiger partial charge on any atom is -0.462 e. The molecule has 1 N–H and O–H groups in total. The molecule has 9 heteroatoms. The van der Waals surface area contributed by atoms with Crippen LogP contribution in [-0.4, -0.2) is 42.8 Å². The fraction of sp³-hybridized carbons (Fsp3) is 0.702. The molecule has 0 rings (SSSR count). The molecule has 0 bridgehead atoms. The zero-order valence-corrected chi connectivity index (χ0v) is 36.7. The monoisotopic (exact) mass is 805 g/mol. The summed E-state index contributed by atoms with van der Waals surface area (Å²) in [7, 11) is -4.29. The zero-order valence-electron chi connectivity index (χ0n) is 35.8. The summed E-state index contributed by atoms with van der Waals surface area (Å²) in [5.74, 6) is -0.823. The van der Waals surface area contributed by atoms with Crippen molar-refractivity contribution in [3.8, 4) is 0 Å². The van der Waals surface area contributed by atoms with E-state index in [0.29, 0.717) is 6.42 Å². The molecule has 0 aliphatic heterocycles. The van der Waals surface area contributed by atoms with E-state index in [9.17, 15) is 19.0 Å². The lowest BCUT2D eigenvalue weighted by Gasteiger charge is -2.19. The van der Waals surface area contributed by atoms with Crippen LogP contribution < -0.4 is 0 Å². The van der Waals surface area contributed by atoms with Gasteiger partial charge in [0.05, 0.1) is 13.2 Å². The summed E-state index contributed by atoms with van der Waals surface area (Å²) in [6.45, 7) is 5.27. The third kappa shape index (κ3) is 41.1. The molecule has 2 atom stereocenters. The Hall–Kier alpha value is -2.51. The third-order valence-electron chi connectivity index (χ3n) is 8.98. The van der Waals surface area contributed by atoms with E-state index >= 15 is 0 Å². The van der Waals surface area contributed by atoms with Gasteiger partial charge in [-0.15, -0.1) is 0 Å². The summed E-state index contributed by atoms with van der Waals surface area (Å²) in [4.78, 5) is 34.8. The number of hydrogen-bond acceptors (Lipinski definition) is 7. The molecule has 8 nitrogen and oxygen atoms in total. The number of rotatable bonds is 40. The summed E-state index contributed by atoms with van der Waals surface area (Å²) < 4.78 is 32.6. The summed E-state index contributed by atoms with van der Waals surface area (Å²) >= 11 is 0. The Morgan fingerprint density at radius 1 is 0.500 bits per heavy atom. The van der Waals surface area contributed by atoms with Gasteiger partial charge in [0.15, 0.2) is 6.10 Å². The van der Waals surface area contributed by atoms with Crippen LogP contribution >= 0.6 is 7.82 Å². The highest BCUT2D eigenvalue weighted by Crippen LogP contribution is 2.43. The molecule has 2 unspecified atom stereocenters. The number of carbonyl (C=O) groups is 2. The number of allylic oxidation sites excluding steroid dienone is 12. The van der Waals surface area contributed by atoms with E-state index in [4.69, 9.17) is 18.5 Å². The molecule has 0 aliphatic carbocycles. The van der Waals surface area contributed by atoms with Gasteiger partial charge in [0.25, 0.3) is 0 Å². The standard InChI is InChI=1S/C47H81O8P/c1-4-7-9-11-13-15-17-19-20-21-22-23-24-25-26-27-28-30-32-34-36-38-40-42-47(49)55-45(44-54-56(50,51)53-6-3)43-52-46(48)41-39-37-35-33-31-29-18-16-14-12-10-8-5-2/h7,9-10,12-13,15-16,18-20,22-23,45H,4-6,8,11,14,17,21,24-44H2,1-3H3,(H,50,51)/b9-7-,12-10-,15-13-,18-16-,20-19-,23-22-. The van der Waals surface area contributed by atoms with E-state index in [1.807, 2.05) is 0 Å². The molecular weight excluding hydrogens is 723 g/mol. The zero-order chi connectivity index (χ0) is 41.1. The smallest absolute Gasteiger partial charge is 0.462 e. The molecule has 0 radical (unpaired) electrons. The van der Waals surface area contributed by atoms with Crippen molar-refractivity contribution < 1.29 is 37.6 Å². The third-order valence-corrected chi connectivity index (χ3v) is 10.0. The first-order valence-electron chi connectivity index (χ1n) is 22.2. The molecule has 0 aromatic carbocycles. The van der Waals surface area contributed by atoms with Crippen molar-refractivity contribution in [3.63, 3.8) is 0 Å². The second kappa shape index (κ2) is 42.1. The summed E-state index contributed by atoms with van der Waals surface area (Å²) in [6.07, 6.45) is 52.4. The lowest BCUT2D eigenvalue weighted by atomic mass is 10.0. The first kappa shape index (κ1) is 53.5. The molecule has 0 saturated carbocycles. The quantitative estimate of drug-likeness (QED) is 0.0282. The first-order valence-corrected chi connectivity index (χ1v) is 23.7. The van der Waals surface area contributed by atoms with Crippen LogP contribution in [0.4, 0.5) is 0 Å². The van der Waals surface area contributed by atoms with Crippen LogP contribution in [0.2, 0.25) is 0 Å². The highest BCUT2D eigenvalue weighted by molar-refractivity contribution is 7.47. The van der Waals surface area contributed by atoms with Gasteiger partial charge in [0.1, 0.15) is 6.61 Å². The molecule has 0 aromatic heterocycles. The topological polar surface area (TPSA) is 108 Å². The number of hydrogen-bond donors (Lipinski definition) is 1. The fourth-order valence-corrected chi connectivity index (χ4v) is 6.53. The summed E-state index contributed by atoms with van der Waals surface area (Å²) in [5.41, 5.74) is 0. The van der Waals surface area contributed by atoms with Crippen molar-refractivity contribution in [1.29, 1.82) is 0 Å². The second-order valence-electron chi connectivity index (χ2n) is 14.3. The Morgan fingerprint density at radius 2 is 0.911 bits per heavy atom. The van der Waals surface area contributed by atoms with Crippen molar-refractivity contribution in [2.75, 3.05) is 19.8 Å². The van der Waals surface area contributed by atoms with Crippen LogP contribution in [0.25, 0.3) is 0 Å². The molecule has 0 spiro atoms. The van der Waals surface area contributed by atoms with Crippen molar-refractivity contribution in [2.45, 2.75) is 194 Å². The van der Waals surface area contributed by atoms with E-state index in [1.165, 1.54) is 44.9 Å². The fourth-order valence-electron chi connectivity index (χ4n) is 5.78. The highest BCUT2D eigenvalue weighted by Gasteiger charge is 2.25. The van der Waals surface area contributed by atoms with Gasteiger partial charge in [-0.05, 0) is 84.0 Å². The number of phosphoric ester groups is 1. The van der Waals surface area contributed by atoms with Crippen LogP contribution in [0.5, 0.6) is 0 Å². The molecule has 0 aliphatic rings. The summed E-state index contributed by atoms with van der Waals surface area (Å²) in [6, 6.07) is 0. The largest absolute Gasteiger partial charge is 0.472 e. The molecule has 0 amide bonds. The van der Waals surface area contributed by atoms with Gasteiger partial charge in [-0.3, -0.25) is 18.6 Å². The van der Waals surface area contributed by atoms with Crippen molar-refractivity contribution >= 4 is 19.8 Å². The predicted octanol–water partition coefficient (Wildman–Crippen LogP) is 14.1. The van der Waals surface area contributed by atoms with E-state index in [1.54, 1.807) is 6.92 Å². The molecule has 56 heavy (non-hydrogen) atoms. The second-order valence-corrected chi connectivity index (χ2v) is 15.8. The van der Waals surface area contributed by atoms with Gasteiger partial charge in [-0.2, -0.15) is 0 Å². The maximum absolute atomic E-state index is 12.6. The first-order chi connectivity index (χ1) is 27.3. The van der Waals surface area contributed by atoms with Gasteiger partial charge in [0.2, 0.25) is 0 Å². The predicted molar refractivity (Wildman–Crippen MR) is 234 cm³/mol. The number of carbonyl (C=O) groups excluding carboxylic acids is 2.